The Balaban J connectivity index is 1.60. The maximum absolute atomic E-state index is 13.9. The van der Waals surface area contributed by atoms with Gasteiger partial charge in [-0.05, 0) is 38.5 Å². The van der Waals surface area contributed by atoms with Crippen molar-refractivity contribution >= 4 is 53.4 Å². The normalized spacial score (nSPS) is 23.7. The zero-order chi connectivity index (χ0) is 30.7. The SMILES string of the molecule is NC(=O)CCCCC(CCCCCC(=O)O)NC(=O)[C@@]1(CCCCC(=O)ON2C(=O)CCC2=O)SC[C@@H]2NC(=O)N[C@@H]21. The number of imide groups is 1. The maximum Gasteiger partial charge on any atom is 0.333 e. The number of primary amides is 1. The van der Waals surface area contributed by atoms with E-state index >= 15 is 0 Å². The van der Waals surface area contributed by atoms with E-state index in [1.54, 1.807) is 0 Å². The first kappa shape index (κ1) is 33.1. The lowest BCUT2D eigenvalue weighted by Crippen LogP contribution is -2.57. The number of carboxylic acids is 1. The molecule has 1 unspecified atom stereocenters. The van der Waals surface area contributed by atoms with Gasteiger partial charge in [0.2, 0.25) is 11.8 Å². The van der Waals surface area contributed by atoms with Gasteiger partial charge in [-0.3, -0.25) is 24.0 Å². The fourth-order valence-corrected chi connectivity index (χ4v) is 7.22. The third-order valence-corrected chi connectivity index (χ3v) is 9.48. The van der Waals surface area contributed by atoms with E-state index in [1.165, 1.54) is 11.8 Å². The van der Waals surface area contributed by atoms with E-state index in [9.17, 15) is 33.6 Å². The summed E-state index contributed by atoms with van der Waals surface area (Å²) in [4.78, 5) is 88.6. The van der Waals surface area contributed by atoms with Crippen LogP contribution in [0, 0.1) is 0 Å². The van der Waals surface area contributed by atoms with Gasteiger partial charge in [0, 0.05) is 43.9 Å². The number of nitrogens with zero attached hydrogens (tertiary/aromatic N) is 1. The first-order chi connectivity index (χ1) is 20.0. The van der Waals surface area contributed by atoms with Gasteiger partial charge in [0.25, 0.3) is 11.8 Å². The standard InChI is InChI=1S/C27H41N5O9S/c28-19(33)10-5-4-9-17(8-2-1-3-11-22(36)37)29-25(39)27(24-18(16-42-27)30-26(40)31-24)15-7-6-12-23(38)41-32-20(34)13-14-21(32)35/h17-18,24H,1-16H2,(H2,28,33)(H,29,39)(H,36,37)(H2,30,31,40)/t17?,18-,24-,27-/m0/s1. The van der Waals surface area contributed by atoms with Crippen LogP contribution in [-0.4, -0.2) is 80.4 Å². The summed E-state index contributed by atoms with van der Waals surface area (Å²) >= 11 is 1.46. The molecule has 0 aromatic carbocycles. The van der Waals surface area contributed by atoms with E-state index < -0.39 is 34.5 Å². The second kappa shape index (κ2) is 15.8. The van der Waals surface area contributed by atoms with Crippen molar-refractivity contribution in [3.8, 4) is 0 Å². The minimum absolute atomic E-state index is 0.0117. The molecule has 0 aliphatic carbocycles. The molecule has 6 N–H and O–H groups in total. The van der Waals surface area contributed by atoms with Gasteiger partial charge in [0.05, 0.1) is 12.1 Å². The summed E-state index contributed by atoms with van der Waals surface area (Å²) in [6.45, 7) is 0. The van der Waals surface area contributed by atoms with E-state index in [1.807, 2.05) is 0 Å². The highest BCUT2D eigenvalue weighted by Crippen LogP contribution is 2.44. The van der Waals surface area contributed by atoms with Crippen LogP contribution >= 0.6 is 11.8 Å². The van der Waals surface area contributed by atoms with Crippen molar-refractivity contribution in [1.82, 2.24) is 21.0 Å². The molecule has 234 valence electrons. The van der Waals surface area contributed by atoms with E-state index in [0.717, 1.165) is 6.42 Å². The van der Waals surface area contributed by atoms with Gasteiger partial charge in [-0.1, -0.05) is 25.7 Å². The quantitative estimate of drug-likeness (QED) is 0.0800. The number of carboxylic acid groups (broad SMARTS) is 1. The lowest BCUT2D eigenvalue weighted by atomic mass is 9.88. The summed E-state index contributed by atoms with van der Waals surface area (Å²) in [7, 11) is 0. The number of nitrogens with one attached hydrogen (secondary N) is 3. The zero-order valence-electron chi connectivity index (χ0n) is 23.7. The third-order valence-electron chi connectivity index (χ3n) is 7.79. The fraction of sp³-hybridized carbons (Fsp3) is 0.741. The van der Waals surface area contributed by atoms with Crippen molar-refractivity contribution in [2.75, 3.05) is 5.75 Å². The summed E-state index contributed by atoms with van der Waals surface area (Å²) < 4.78 is -0.983. The average Bonchev–Trinajstić information content (AvgIpc) is 3.57. The summed E-state index contributed by atoms with van der Waals surface area (Å²) in [6.07, 6.45) is 6.00. The molecule has 3 aliphatic heterocycles. The molecule has 0 aromatic rings. The molecule has 0 spiro atoms. The third kappa shape index (κ3) is 9.33. The predicted octanol–water partition coefficient (Wildman–Crippen LogP) is 1.26. The Morgan fingerprint density at radius 1 is 0.952 bits per heavy atom. The van der Waals surface area contributed by atoms with Gasteiger partial charge in [0.1, 0.15) is 4.75 Å². The Morgan fingerprint density at radius 3 is 2.26 bits per heavy atom. The molecule has 0 aromatic heterocycles. The molecule has 3 fully saturated rings. The minimum Gasteiger partial charge on any atom is -0.481 e. The molecule has 4 atom stereocenters. The molecule has 14 nitrogen and oxygen atoms in total. The molecule has 42 heavy (non-hydrogen) atoms. The topological polar surface area (TPSA) is 214 Å². The minimum atomic E-state index is -0.983. The van der Waals surface area contributed by atoms with Gasteiger partial charge < -0.3 is 31.6 Å². The van der Waals surface area contributed by atoms with Crippen molar-refractivity contribution in [1.29, 1.82) is 0 Å². The predicted molar refractivity (Wildman–Crippen MR) is 150 cm³/mol. The molecule has 3 heterocycles. The van der Waals surface area contributed by atoms with Crippen LogP contribution in [0.15, 0.2) is 0 Å². The van der Waals surface area contributed by atoms with E-state index in [2.05, 4.69) is 16.0 Å². The summed E-state index contributed by atoms with van der Waals surface area (Å²) in [5.41, 5.74) is 5.26. The van der Waals surface area contributed by atoms with Gasteiger partial charge in [-0.25, -0.2) is 9.59 Å². The van der Waals surface area contributed by atoms with Crippen molar-refractivity contribution < 1.29 is 43.5 Å². The van der Waals surface area contributed by atoms with Crippen LogP contribution in [0.1, 0.15) is 96.3 Å². The molecular formula is C27H41N5O9S. The smallest absolute Gasteiger partial charge is 0.333 e. The number of aliphatic carboxylic acids is 1. The van der Waals surface area contributed by atoms with Crippen LogP contribution in [0.3, 0.4) is 0 Å². The van der Waals surface area contributed by atoms with E-state index in [-0.39, 0.29) is 62.0 Å². The first-order valence-corrected chi connectivity index (χ1v) is 15.6. The number of carbonyl (C=O) groups is 7. The molecule has 15 heteroatoms. The Hall–Kier alpha value is -3.36. The number of fused-ring (bicyclic) bond motifs is 1. The lowest BCUT2D eigenvalue weighted by Gasteiger charge is -2.34. The van der Waals surface area contributed by atoms with Crippen LogP contribution in [0.5, 0.6) is 0 Å². The Labute approximate surface area is 248 Å². The molecule has 3 aliphatic rings. The van der Waals surface area contributed by atoms with Crippen molar-refractivity contribution in [2.45, 2.75) is 119 Å². The summed E-state index contributed by atoms with van der Waals surface area (Å²) in [5.74, 6) is -2.71. The van der Waals surface area contributed by atoms with Crippen LogP contribution in [0.4, 0.5) is 4.79 Å². The van der Waals surface area contributed by atoms with Crippen molar-refractivity contribution in [2.24, 2.45) is 5.73 Å². The molecule has 3 saturated heterocycles. The number of hydrogen-bond donors (Lipinski definition) is 5. The van der Waals surface area contributed by atoms with E-state index in [0.29, 0.717) is 68.6 Å². The lowest BCUT2D eigenvalue weighted by molar-refractivity contribution is -0.197. The molecular weight excluding hydrogens is 570 g/mol. The molecule has 0 saturated carbocycles. The van der Waals surface area contributed by atoms with Crippen molar-refractivity contribution in [3.05, 3.63) is 0 Å². The van der Waals surface area contributed by atoms with Crippen LogP contribution in [0.25, 0.3) is 0 Å². The van der Waals surface area contributed by atoms with Crippen LogP contribution in [0.2, 0.25) is 0 Å². The highest BCUT2D eigenvalue weighted by molar-refractivity contribution is 8.01. The second-order valence-electron chi connectivity index (χ2n) is 11.0. The van der Waals surface area contributed by atoms with Crippen LogP contribution < -0.4 is 21.7 Å². The van der Waals surface area contributed by atoms with E-state index in [4.69, 9.17) is 15.7 Å². The van der Waals surface area contributed by atoms with Crippen molar-refractivity contribution in [3.63, 3.8) is 0 Å². The van der Waals surface area contributed by atoms with Crippen LogP contribution in [-0.2, 0) is 33.6 Å². The van der Waals surface area contributed by atoms with Gasteiger partial charge in [-0.2, -0.15) is 0 Å². The zero-order valence-corrected chi connectivity index (χ0v) is 24.5. The molecule has 0 bridgehead atoms. The number of carbonyl (C=O) groups excluding carboxylic acids is 6. The van der Waals surface area contributed by atoms with Gasteiger partial charge in [-0.15, -0.1) is 16.8 Å². The Kier molecular flexibility index (Phi) is 12.4. The number of amides is 6. The highest BCUT2D eigenvalue weighted by Gasteiger charge is 2.57. The molecule has 0 radical (unpaired) electrons. The number of hydroxylamine groups is 2. The number of urea groups is 1. The fourth-order valence-electron chi connectivity index (χ4n) is 5.58. The second-order valence-corrected chi connectivity index (χ2v) is 12.4. The number of rotatable bonds is 19. The number of thioether (sulfide) groups is 1. The summed E-state index contributed by atoms with van der Waals surface area (Å²) in [6, 6.07) is -1.22. The number of hydrogen-bond acceptors (Lipinski definition) is 9. The summed E-state index contributed by atoms with van der Waals surface area (Å²) in [5, 5.41) is 18.3. The average molecular weight is 612 g/mol. The Bertz CT molecular complexity index is 1040. The van der Waals surface area contributed by atoms with Gasteiger partial charge >= 0.3 is 18.0 Å². The molecule has 3 rings (SSSR count). The Morgan fingerprint density at radius 2 is 1.60 bits per heavy atom. The highest BCUT2D eigenvalue weighted by atomic mass is 32.2. The number of unbranched alkanes of at least 4 members (excludes halogenated alkanes) is 4. The largest absolute Gasteiger partial charge is 0.481 e. The van der Waals surface area contributed by atoms with Gasteiger partial charge in [0.15, 0.2) is 0 Å². The monoisotopic (exact) mass is 611 g/mol. The molecule has 6 amide bonds. The number of nitrogens with two attached hydrogens (primary N) is 1. The first-order valence-electron chi connectivity index (χ1n) is 14.6. The maximum atomic E-state index is 13.9.